The van der Waals surface area contributed by atoms with Gasteiger partial charge in [-0.25, -0.2) is 4.39 Å². The molecule has 1 aliphatic rings. The van der Waals surface area contributed by atoms with Crippen molar-refractivity contribution < 1.29 is 14.3 Å². The van der Waals surface area contributed by atoms with Gasteiger partial charge in [-0.05, 0) is 34.7 Å². The van der Waals surface area contributed by atoms with Gasteiger partial charge in [-0.15, -0.1) is 0 Å². The number of fused-ring (bicyclic) bond motifs is 1. The molecule has 2 aromatic rings. The third-order valence-corrected chi connectivity index (χ3v) is 4.45. The average molecular weight is 313 g/mol. The van der Waals surface area contributed by atoms with Crippen LogP contribution in [-0.4, -0.2) is 17.1 Å². The van der Waals surface area contributed by atoms with Crippen LogP contribution in [-0.2, 0) is 11.2 Å². The Hall–Kier alpha value is -2.20. The number of carbonyl (C=O) groups is 1. The van der Waals surface area contributed by atoms with E-state index in [1.54, 1.807) is 12.1 Å². The minimum atomic E-state index is -0.586. The van der Waals surface area contributed by atoms with E-state index in [1.165, 1.54) is 12.1 Å². The van der Waals surface area contributed by atoms with E-state index in [-0.39, 0.29) is 23.7 Å². The van der Waals surface area contributed by atoms with Crippen LogP contribution in [0.3, 0.4) is 0 Å². The SMILES string of the molecule is CC(CC(=O)N[C@H]1c2ccccc2C[C@H]1O)c1ccc(F)cc1. The van der Waals surface area contributed by atoms with E-state index in [0.29, 0.717) is 12.8 Å². The molecule has 2 N–H and O–H groups in total. The molecule has 3 atom stereocenters. The fourth-order valence-electron chi connectivity index (χ4n) is 3.17. The zero-order valence-electron chi connectivity index (χ0n) is 13.0. The first-order chi connectivity index (χ1) is 11.0. The minimum absolute atomic E-state index is 0.00982. The summed E-state index contributed by atoms with van der Waals surface area (Å²) in [6.45, 7) is 1.94. The molecular formula is C19H20FNO2. The van der Waals surface area contributed by atoms with Gasteiger partial charge in [-0.2, -0.15) is 0 Å². The zero-order chi connectivity index (χ0) is 16.4. The third-order valence-electron chi connectivity index (χ3n) is 4.45. The highest BCUT2D eigenvalue weighted by Gasteiger charge is 2.31. The molecule has 0 saturated heterocycles. The van der Waals surface area contributed by atoms with E-state index in [4.69, 9.17) is 0 Å². The van der Waals surface area contributed by atoms with Gasteiger partial charge in [0.1, 0.15) is 5.82 Å². The van der Waals surface area contributed by atoms with Gasteiger partial charge < -0.3 is 10.4 Å². The molecule has 23 heavy (non-hydrogen) atoms. The number of nitrogens with one attached hydrogen (secondary N) is 1. The van der Waals surface area contributed by atoms with E-state index in [2.05, 4.69) is 5.32 Å². The minimum Gasteiger partial charge on any atom is -0.390 e. The van der Waals surface area contributed by atoms with Crippen molar-refractivity contribution in [2.75, 3.05) is 0 Å². The second-order valence-corrected chi connectivity index (χ2v) is 6.17. The van der Waals surface area contributed by atoms with Crippen molar-refractivity contribution in [3.63, 3.8) is 0 Å². The van der Waals surface area contributed by atoms with Gasteiger partial charge in [0.2, 0.25) is 5.91 Å². The Morgan fingerprint density at radius 1 is 1.26 bits per heavy atom. The molecular weight excluding hydrogens is 293 g/mol. The zero-order valence-corrected chi connectivity index (χ0v) is 13.0. The van der Waals surface area contributed by atoms with Crippen LogP contribution >= 0.6 is 0 Å². The number of hydrogen-bond donors (Lipinski definition) is 2. The summed E-state index contributed by atoms with van der Waals surface area (Å²) in [5.74, 6) is -0.400. The van der Waals surface area contributed by atoms with Gasteiger partial charge in [0.15, 0.2) is 0 Å². The molecule has 0 saturated carbocycles. The van der Waals surface area contributed by atoms with Crippen LogP contribution in [0.1, 0.15) is 42.0 Å². The number of amides is 1. The van der Waals surface area contributed by atoms with Crippen LogP contribution in [0.5, 0.6) is 0 Å². The fraction of sp³-hybridized carbons (Fsp3) is 0.316. The molecule has 0 heterocycles. The lowest BCUT2D eigenvalue weighted by atomic mass is 9.97. The molecule has 0 aromatic heterocycles. The summed E-state index contributed by atoms with van der Waals surface area (Å²) in [4.78, 5) is 12.3. The Morgan fingerprint density at radius 3 is 2.70 bits per heavy atom. The summed E-state index contributed by atoms with van der Waals surface area (Å²) in [6.07, 6.45) is 0.281. The highest BCUT2D eigenvalue weighted by molar-refractivity contribution is 5.77. The van der Waals surface area contributed by atoms with Gasteiger partial charge >= 0.3 is 0 Å². The number of halogens is 1. The van der Waals surface area contributed by atoms with Gasteiger partial charge in [0, 0.05) is 12.8 Å². The maximum Gasteiger partial charge on any atom is 0.221 e. The van der Waals surface area contributed by atoms with Crippen molar-refractivity contribution in [3.8, 4) is 0 Å². The quantitative estimate of drug-likeness (QED) is 0.911. The van der Waals surface area contributed by atoms with Crippen molar-refractivity contribution in [2.45, 2.75) is 37.8 Å². The summed E-state index contributed by atoms with van der Waals surface area (Å²) >= 11 is 0. The monoisotopic (exact) mass is 313 g/mol. The fourth-order valence-corrected chi connectivity index (χ4v) is 3.17. The lowest BCUT2D eigenvalue weighted by molar-refractivity contribution is -0.122. The molecule has 3 nitrogen and oxygen atoms in total. The second kappa shape index (κ2) is 6.50. The summed E-state index contributed by atoms with van der Waals surface area (Å²) in [5, 5.41) is 13.1. The molecule has 120 valence electrons. The van der Waals surface area contributed by atoms with Crippen molar-refractivity contribution in [1.29, 1.82) is 0 Å². The van der Waals surface area contributed by atoms with E-state index >= 15 is 0 Å². The molecule has 3 rings (SSSR count). The smallest absolute Gasteiger partial charge is 0.221 e. The number of benzene rings is 2. The number of carbonyl (C=O) groups excluding carboxylic acids is 1. The molecule has 0 fully saturated rings. The van der Waals surface area contributed by atoms with E-state index in [0.717, 1.165) is 16.7 Å². The van der Waals surface area contributed by atoms with Gasteiger partial charge in [0.25, 0.3) is 0 Å². The highest BCUT2D eigenvalue weighted by atomic mass is 19.1. The van der Waals surface area contributed by atoms with Gasteiger partial charge in [0.05, 0.1) is 12.1 Å². The Labute approximate surface area is 135 Å². The van der Waals surface area contributed by atoms with Crippen LogP contribution < -0.4 is 5.32 Å². The molecule has 1 amide bonds. The maximum absolute atomic E-state index is 13.0. The normalized spacial score (nSPS) is 20.8. The Balaban J connectivity index is 1.64. The van der Waals surface area contributed by atoms with Crippen LogP contribution in [0, 0.1) is 5.82 Å². The van der Waals surface area contributed by atoms with E-state index in [9.17, 15) is 14.3 Å². The summed E-state index contributed by atoms with van der Waals surface area (Å²) < 4.78 is 13.0. The van der Waals surface area contributed by atoms with Crippen molar-refractivity contribution in [1.82, 2.24) is 5.32 Å². The average Bonchev–Trinajstić information content (AvgIpc) is 2.84. The lowest BCUT2D eigenvalue weighted by Crippen LogP contribution is -2.34. The number of aliphatic hydroxyl groups is 1. The van der Waals surface area contributed by atoms with Crippen LogP contribution in [0.4, 0.5) is 4.39 Å². The number of rotatable bonds is 4. The molecule has 4 heteroatoms. The predicted molar refractivity (Wildman–Crippen MR) is 86.5 cm³/mol. The number of aliphatic hydroxyl groups excluding tert-OH is 1. The summed E-state index contributed by atoms with van der Waals surface area (Å²) in [6, 6.07) is 13.6. The van der Waals surface area contributed by atoms with Crippen molar-refractivity contribution >= 4 is 5.91 Å². The van der Waals surface area contributed by atoms with Crippen LogP contribution in [0.15, 0.2) is 48.5 Å². The molecule has 0 bridgehead atoms. The highest BCUT2D eigenvalue weighted by Crippen LogP contribution is 2.31. The first kappa shape index (κ1) is 15.7. The largest absolute Gasteiger partial charge is 0.390 e. The number of hydrogen-bond acceptors (Lipinski definition) is 2. The van der Waals surface area contributed by atoms with Gasteiger partial charge in [-0.3, -0.25) is 4.79 Å². The van der Waals surface area contributed by atoms with Crippen molar-refractivity contribution in [2.24, 2.45) is 0 Å². The second-order valence-electron chi connectivity index (χ2n) is 6.17. The van der Waals surface area contributed by atoms with Gasteiger partial charge in [-0.1, -0.05) is 43.3 Å². The van der Waals surface area contributed by atoms with Crippen molar-refractivity contribution in [3.05, 3.63) is 71.0 Å². The lowest BCUT2D eigenvalue weighted by Gasteiger charge is -2.19. The molecule has 0 aliphatic heterocycles. The molecule has 1 aliphatic carbocycles. The Morgan fingerprint density at radius 2 is 1.96 bits per heavy atom. The topological polar surface area (TPSA) is 49.3 Å². The summed E-state index contributed by atoms with van der Waals surface area (Å²) in [7, 11) is 0. The standard InChI is InChI=1S/C19H20FNO2/c1-12(13-6-8-15(20)9-7-13)10-18(23)21-19-16-5-3-2-4-14(16)11-17(19)22/h2-9,12,17,19,22H,10-11H2,1H3,(H,21,23)/t12?,17-,19+/m1/s1. The Kier molecular flexibility index (Phi) is 4.44. The van der Waals surface area contributed by atoms with Crippen LogP contribution in [0.2, 0.25) is 0 Å². The van der Waals surface area contributed by atoms with E-state index < -0.39 is 6.10 Å². The first-order valence-electron chi connectivity index (χ1n) is 7.85. The van der Waals surface area contributed by atoms with Crippen LogP contribution in [0.25, 0.3) is 0 Å². The third kappa shape index (κ3) is 3.42. The maximum atomic E-state index is 13.0. The van der Waals surface area contributed by atoms with E-state index in [1.807, 2.05) is 31.2 Å². The first-order valence-corrected chi connectivity index (χ1v) is 7.85. The molecule has 0 spiro atoms. The molecule has 1 unspecified atom stereocenters. The molecule has 0 radical (unpaired) electrons. The predicted octanol–water partition coefficient (Wildman–Crippen LogP) is 3.09. The summed E-state index contributed by atoms with van der Waals surface area (Å²) in [5.41, 5.74) is 2.99. The Bertz CT molecular complexity index is 699. The molecule has 2 aromatic carbocycles.